The van der Waals surface area contributed by atoms with Crippen LogP contribution in [-0.2, 0) is 4.79 Å². The van der Waals surface area contributed by atoms with Crippen molar-refractivity contribution in [2.24, 2.45) is 11.3 Å². The third kappa shape index (κ3) is 2.31. The first-order valence-corrected chi connectivity index (χ1v) is 4.56. The third-order valence-corrected chi connectivity index (χ3v) is 2.97. The highest BCUT2D eigenvalue weighted by Gasteiger charge is 2.45. The highest BCUT2D eigenvalue weighted by Crippen LogP contribution is 2.54. The number of hydrogen-bond acceptors (Lipinski definition) is 2. The molecule has 70 valence electrons. The molecule has 2 heteroatoms. The van der Waals surface area contributed by atoms with Crippen LogP contribution in [0, 0.1) is 11.3 Å². The summed E-state index contributed by atoms with van der Waals surface area (Å²) in [6, 6.07) is 0. The van der Waals surface area contributed by atoms with E-state index in [1.165, 1.54) is 6.42 Å². The average Bonchev–Trinajstić information content (AvgIpc) is 2.56. The number of aldehydes is 1. The fourth-order valence-electron chi connectivity index (χ4n) is 1.59. The summed E-state index contributed by atoms with van der Waals surface area (Å²) in [6.07, 6.45) is 3.45. The molecule has 2 nitrogen and oxygen atoms in total. The van der Waals surface area contributed by atoms with Crippen molar-refractivity contribution in [1.82, 2.24) is 0 Å². The van der Waals surface area contributed by atoms with Crippen LogP contribution in [-0.4, -0.2) is 17.0 Å². The van der Waals surface area contributed by atoms with E-state index in [4.69, 9.17) is 0 Å². The van der Waals surface area contributed by atoms with Gasteiger partial charge in [-0.3, -0.25) is 0 Å². The Morgan fingerprint density at radius 3 is 2.50 bits per heavy atom. The third-order valence-electron chi connectivity index (χ3n) is 2.97. The van der Waals surface area contributed by atoms with Crippen LogP contribution in [0.1, 0.15) is 40.0 Å². The summed E-state index contributed by atoms with van der Waals surface area (Å²) in [6.45, 7) is 6.04. The first-order chi connectivity index (χ1) is 5.37. The maximum absolute atomic E-state index is 10.4. The first kappa shape index (κ1) is 9.72. The monoisotopic (exact) mass is 170 g/mol. The van der Waals surface area contributed by atoms with Crippen molar-refractivity contribution in [3.8, 4) is 0 Å². The molecule has 0 amide bonds. The van der Waals surface area contributed by atoms with E-state index in [0.29, 0.717) is 24.0 Å². The Morgan fingerprint density at radius 1 is 1.67 bits per heavy atom. The maximum Gasteiger partial charge on any atom is 0.151 e. The summed E-state index contributed by atoms with van der Waals surface area (Å²) in [4.78, 5) is 10.4. The van der Waals surface area contributed by atoms with Gasteiger partial charge in [0, 0.05) is 0 Å². The summed E-state index contributed by atoms with van der Waals surface area (Å²) < 4.78 is 0. The normalized spacial score (nSPS) is 30.8. The summed E-state index contributed by atoms with van der Waals surface area (Å²) in [7, 11) is 0. The zero-order chi connectivity index (χ0) is 9.41. The van der Waals surface area contributed by atoms with Crippen LogP contribution < -0.4 is 0 Å². The number of aliphatic hydroxyl groups is 1. The molecule has 0 aliphatic heterocycles. The Kier molecular flexibility index (Phi) is 2.30. The van der Waals surface area contributed by atoms with Crippen LogP contribution in [0.2, 0.25) is 0 Å². The highest BCUT2D eigenvalue weighted by atomic mass is 16.3. The molecule has 1 aliphatic rings. The van der Waals surface area contributed by atoms with Crippen LogP contribution in [0.15, 0.2) is 0 Å². The Morgan fingerprint density at radius 2 is 2.17 bits per heavy atom. The fraction of sp³-hybridized carbons (Fsp3) is 0.900. The SMILES string of the molecule is CC(O)(C=O)CCC1CC1(C)C. The summed E-state index contributed by atoms with van der Waals surface area (Å²) >= 11 is 0. The molecule has 2 atom stereocenters. The van der Waals surface area contributed by atoms with Crippen molar-refractivity contribution in [2.45, 2.75) is 45.6 Å². The first-order valence-electron chi connectivity index (χ1n) is 4.56. The molecule has 1 aliphatic carbocycles. The van der Waals surface area contributed by atoms with Gasteiger partial charge in [0.1, 0.15) is 5.60 Å². The van der Waals surface area contributed by atoms with Gasteiger partial charge in [0.2, 0.25) is 0 Å². The largest absolute Gasteiger partial charge is 0.383 e. The van der Waals surface area contributed by atoms with Crippen LogP contribution in [0.25, 0.3) is 0 Å². The van der Waals surface area contributed by atoms with Gasteiger partial charge >= 0.3 is 0 Å². The van der Waals surface area contributed by atoms with Gasteiger partial charge in [-0.1, -0.05) is 13.8 Å². The molecule has 0 bridgehead atoms. The quantitative estimate of drug-likeness (QED) is 0.653. The van der Waals surface area contributed by atoms with Gasteiger partial charge in [0.15, 0.2) is 6.29 Å². The van der Waals surface area contributed by atoms with Crippen molar-refractivity contribution in [3.05, 3.63) is 0 Å². The summed E-state index contributed by atoms with van der Waals surface area (Å²) in [5.41, 5.74) is -0.641. The molecule has 0 aromatic heterocycles. The van der Waals surface area contributed by atoms with Gasteiger partial charge < -0.3 is 9.90 Å². The standard InChI is InChI=1S/C10H18O2/c1-9(2)6-8(9)4-5-10(3,12)7-11/h7-8,12H,4-6H2,1-3H3. The van der Waals surface area contributed by atoms with E-state index >= 15 is 0 Å². The second-order valence-corrected chi connectivity index (χ2v) is 4.90. The molecule has 0 saturated heterocycles. The minimum Gasteiger partial charge on any atom is -0.383 e. The van der Waals surface area contributed by atoms with Crippen LogP contribution in [0.4, 0.5) is 0 Å². The lowest BCUT2D eigenvalue weighted by Gasteiger charge is -2.15. The van der Waals surface area contributed by atoms with E-state index in [2.05, 4.69) is 13.8 Å². The molecule has 1 N–H and O–H groups in total. The molecule has 0 aromatic carbocycles. The highest BCUT2D eigenvalue weighted by molar-refractivity contribution is 5.60. The lowest BCUT2D eigenvalue weighted by molar-refractivity contribution is -0.123. The lowest BCUT2D eigenvalue weighted by atomic mass is 9.97. The number of rotatable bonds is 4. The summed E-state index contributed by atoms with van der Waals surface area (Å²) in [5.74, 6) is 0.712. The molecule has 0 aromatic rings. The van der Waals surface area contributed by atoms with E-state index in [0.717, 1.165) is 6.42 Å². The molecule has 0 spiro atoms. The van der Waals surface area contributed by atoms with Gasteiger partial charge in [-0.2, -0.15) is 0 Å². The molecular weight excluding hydrogens is 152 g/mol. The minimum absolute atomic E-state index is 0.457. The Balaban J connectivity index is 2.24. The Hall–Kier alpha value is -0.370. The predicted octanol–water partition coefficient (Wildman–Crippen LogP) is 1.76. The van der Waals surface area contributed by atoms with Crippen molar-refractivity contribution in [1.29, 1.82) is 0 Å². The van der Waals surface area contributed by atoms with E-state index in [1.807, 2.05) is 0 Å². The zero-order valence-electron chi connectivity index (χ0n) is 8.13. The Bertz CT molecular complexity index is 182. The minimum atomic E-state index is -1.10. The smallest absolute Gasteiger partial charge is 0.151 e. The van der Waals surface area contributed by atoms with Gasteiger partial charge in [-0.15, -0.1) is 0 Å². The molecule has 0 radical (unpaired) electrons. The maximum atomic E-state index is 10.4. The average molecular weight is 170 g/mol. The van der Waals surface area contributed by atoms with E-state index < -0.39 is 5.60 Å². The predicted molar refractivity (Wildman–Crippen MR) is 47.8 cm³/mol. The van der Waals surface area contributed by atoms with Gasteiger partial charge in [-0.05, 0) is 37.5 Å². The van der Waals surface area contributed by atoms with Crippen molar-refractivity contribution < 1.29 is 9.90 Å². The van der Waals surface area contributed by atoms with E-state index in [-0.39, 0.29) is 0 Å². The van der Waals surface area contributed by atoms with Crippen LogP contribution >= 0.6 is 0 Å². The van der Waals surface area contributed by atoms with Crippen molar-refractivity contribution in [3.63, 3.8) is 0 Å². The second-order valence-electron chi connectivity index (χ2n) is 4.90. The molecule has 1 fully saturated rings. The van der Waals surface area contributed by atoms with E-state index in [9.17, 15) is 9.90 Å². The van der Waals surface area contributed by atoms with Crippen molar-refractivity contribution >= 4 is 6.29 Å². The summed E-state index contributed by atoms with van der Waals surface area (Å²) in [5, 5.41) is 9.40. The molecule has 12 heavy (non-hydrogen) atoms. The number of carbonyl (C=O) groups excluding carboxylic acids is 1. The molecule has 2 unspecified atom stereocenters. The lowest BCUT2D eigenvalue weighted by Crippen LogP contribution is -2.25. The van der Waals surface area contributed by atoms with Crippen LogP contribution in [0.3, 0.4) is 0 Å². The van der Waals surface area contributed by atoms with Gasteiger partial charge in [0.05, 0.1) is 0 Å². The topological polar surface area (TPSA) is 37.3 Å². The Labute approximate surface area is 74.0 Å². The molecular formula is C10H18O2. The molecule has 1 rings (SSSR count). The second kappa shape index (κ2) is 2.84. The van der Waals surface area contributed by atoms with Gasteiger partial charge in [-0.25, -0.2) is 0 Å². The zero-order valence-corrected chi connectivity index (χ0v) is 8.13. The van der Waals surface area contributed by atoms with Crippen molar-refractivity contribution in [2.75, 3.05) is 0 Å². The van der Waals surface area contributed by atoms with Gasteiger partial charge in [0.25, 0.3) is 0 Å². The van der Waals surface area contributed by atoms with Crippen LogP contribution in [0.5, 0.6) is 0 Å². The number of carbonyl (C=O) groups is 1. The fourth-order valence-corrected chi connectivity index (χ4v) is 1.59. The molecule has 0 heterocycles. The van der Waals surface area contributed by atoms with E-state index in [1.54, 1.807) is 6.92 Å². The molecule has 1 saturated carbocycles. The number of hydrogen-bond donors (Lipinski definition) is 1.